The summed E-state index contributed by atoms with van der Waals surface area (Å²) in [5, 5.41) is 6.85. The fourth-order valence-corrected chi connectivity index (χ4v) is 2.61. The normalized spacial score (nSPS) is 14.7. The number of hydrogen-bond donors (Lipinski definition) is 2. The van der Waals surface area contributed by atoms with Crippen molar-refractivity contribution in [3.63, 3.8) is 0 Å². The van der Waals surface area contributed by atoms with E-state index >= 15 is 0 Å². The first-order valence-electron chi connectivity index (χ1n) is 7.35. The molecule has 22 heavy (non-hydrogen) atoms. The van der Waals surface area contributed by atoms with Crippen LogP contribution in [0.15, 0.2) is 48.5 Å². The summed E-state index contributed by atoms with van der Waals surface area (Å²) >= 11 is 5.83. The van der Waals surface area contributed by atoms with Crippen molar-refractivity contribution in [3.05, 3.63) is 59.1 Å². The van der Waals surface area contributed by atoms with Gasteiger partial charge in [0.25, 0.3) is 5.91 Å². The van der Waals surface area contributed by atoms with Crippen molar-refractivity contribution in [1.29, 1.82) is 0 Å². The molecule has 1 amide bonds. The lowest BCUT2D eigenvalue weighted by molar-refractivity contribution is 0.102. The van der Waals surface area contributed by atoms with E-state index in [0.29, 0.717) is 10.6 Å². The molecule has 5 heteroatoms. The zero-order valence-electron chi connectivity index (χ0n) is 12.2. The Morgan fingerprint density at radius 1 is 1.00 bits per heavy atom. The lowest BCUT2D eigenvalue weighted by Crippen LogP contribution is -2.43. The van der Waals surface area contributed by atoms with Crippen molar-refractivity contribution in [2.24, 2.45) is 0 Å². The number of carbonyl (C=O) groups excluding carboxylic acids is 1. The van der Waals surface area contributed by atoms with Gasteiger partial charge in [-0.2, -0.15) is 0 Å². The van der Waals surface area contributed by atoms with Crippen LogP contribution in [0.5, 0.6) is 0 Å². The van der Waals surface area contributed by atoms with E-state index in [9.17, 15) is 4.79 Å². The summed E-state index contributed by atoms with van der Waals surface area (Å²) in [6.45, 7) is 4.04. The van der Waals surface area contributed by atoms with Gasteiger partial charge in [0.2, 0.25) is 0 Å². The van der Waals surface area contributed by atoms with E-state index in [-0.39, 0.29) is 5.91 Å². The Morgan fingerprint density at radius 2 is 1.64 bits per heavy atom. The third-order valence-corrected chi connectivity index (χ3v) is 3.97. The third-order valence-electron chi connectivity index (χ3n) is 3.71. The Bertz CT molecular complexity index is 634. The van der Waals surface area contributed by atoms with Gasteiger partial charge in [-0.05, 0) is 48.5 Å². The first kappa shape index (κ1) is 14.9. The second kappa shape index (κ2) is 6.81. The van der Waals surface area contributed by atoms with Crippen LogP contribution in [0.2, 0.25) is 5.02 Å². The molecule has 1 aliphatic heterocycles. The first-order valence-corrected chi connectivity index (χ1v) is 7.73. The maximum atomic E-state index is 12.1. The zero-order chi connectivity index (χ0) is 15.4. The Hall–Kier alpha value is -2.04. The Labute approximate surface area is 135 Å². The van der Waals surface area contributed by atoms with Gasteiger partial charge in [-0.1, -0.05) is 11.6 Å². The highest BCUT2D eigenvalue weighted by Crippen LogP contribution is 2.19. The standard InChI is InChI=1S/C17H18ClN3O/c18-14-3-1-13(2-4-14)17(22)20-15-5-7-16(8-6-15)21-11-9-19-10-12-21/h1-8,19H,9-12H2,(H,20,22). The lowest BCUT2D eigenvalue weighted by atomic mass is 10.2. The minimum Gasteiger partial charge on any atom is -0.369 e. The van der Waals surface area contributed by atoms with Crippen molar-refractivity contribution >= 4 is 28.9 Å². The predicted octanol–water partition coefficient (Wildman–Crippen LogP) is 3.00. The highest BCUT2D eigenvalue weighted by Gasteiger charge is 2.10. The van der Waals surface area contributed by atoms with Gasteiger partial charge in [-0.25, -0.2) is 0 Å². The van der Waals surface area contributed by atoms with E-state index in [1.165, 1.54) is 5.69 Å². The monoisotopic (exact) mass is 315 g/mol. The number of carbonyl (C=O) groups is 1. The summed E-state index contributed by atoms with van der Waals surface area (Å²) in [7, 11) is 0. The molecule has 0 atom stereocenters. The van der Waals surface area contributed by atoms with E-state index in [1.54, 1.807) is 24.3 Å². The molecule has 1 heterocycles. The quantitative estimate of drug-likeness (QED) is 0.915. The number of piperazine rings is 1. The van der Waals surface area contributed by atoms with Crippen LogP contribution in [-0.4, -0.2) is 32.1 Å². The summed E-state index contributed by atoms with van der Waals surface area (Å²) in [6.07, 6.45) is 0. The number of anilines is 2. The van der Waals surface area contributed by atoms with Gasteiger partial charge in [0.1, 0.15) is 0 Å². The van der Waals surface area contributed by atoms with E-state index in [0.717, 1.165) is 31.9 Å². The van der Waals surface area contributed by atoms with Gasteiger partial charge >= 0.3 is 0 Å². The van der Waals surface area contributed by atoms with Crippen LogP contribution < -0.4 is 15.5 Å². The smallest absolute Gasteiger partial charge is 0.255 e. The van der Waals surface area contributed by atoms with E-state index in [1.807, 2.05) is 24.3 Å². The molecule has 2 aromatic carbocycles. The molecule has 1 fully saturated rings. The molecule has 0 radical (unpaired) electrons. The summed E-state index contributed by atoms with van der Waals surface area (Å²) in [5.41, 5.74) is 2.57. The van der Waals surface area contributed by atoms with Crippen molar-refractivity contribution < 1.29 is 4.79 Å². The molecule has 1 aliphatic rings. The maximum absolute atomic E-state index is 12.1. The predicted molar refractivity (Wildman–Crippen MR) is 90.9 cm³/mol. The molecule has 2 N–H and O–H groups in total. The third kappa shape index (κ3) is 3.59. The molecule has 114 valence electrons. The number of benzene rings is 2. The van der Waals surface area contributed by atoms with Crippen LogP contribution in [-0.2, 0) is 0 Å². The van der Waals surface area contributed by atoms with E-state index in [4.69, 9.17) is 11.6 Å². The Kier molecular flexibility index (Phi) is 4.61. The van der Waals surface area contributed by atoms with E-state index < -0.39 is 0 Å². The van der Waals surface area contributed by atoms with Gasteiger partial charge in [0, 0.05) is 48.1 Å². The number of halogens is 1. The molecular weight excluding hydrogens is 298 g/mol. The lowest BCUT2D eigenvalue weighted by Gasteiger charge is -2.29. The summed E-state index contributed by atoms with van der Waals surface area (Å²) in [4.78, 5) is 14.5. The number of amides is 1. The van der Waals surface area contributed by atoms with Crippen molar-refractivity contribution in [2.75, 3.05) is 36.4 Å². The van der Waals surface area contributed by atoms with Crippen LogP contribution in [0.3, 0.4) is 0 Å². The molecule has 4 nitrogen and oxygen atoms in total. The maximum Gasteiger partial charge on any atom is 0.255 e. The van der Waals surface area contributed by atoms with Crippen molar-refractivity contribution in [1.82, 2.24) is 5.32 Å². The minimum absolute atomic E-state index is 0.133. The SMILES string of the molecule is O=C(Nc1ccc(N2CCNCC2)cc1)c1ccc(Cl)cc1. The van der Waals surface area contributed by atoms with Gasteiger partial charge in [-0.15, -0.1) is 0 Å². The Morgan fingerprint density at radius 3 is 2.27 bits per heavy atom. The molecule has 0 aromatic heterocycles. The molecule has 0 spiro atoms. The molecule has 3 rings (SSSR count). The molecule has 0 aliphatic carbocycles. The summed E-state index contributed by atoms with van der Waals surface area (Å²) in [6, 6.07) is 14.8. The average molecular weight is 316 g/mol. The first-order chi connectivity index (χ1) is 10.7. The van der Waals surface area contributed by atoms with Crippen LogP contribution in [0.25, 0.3) is 0 Å². The number of rotatable bonds is 3. The topological polar surface area (TPSA) is 44.4 Å². The fraction of sp³-hybridized carbons (Fsp3) is 0.235. The fourth-order valence-electron chi connectivity index (χ4n) is 2.48. The minimum atomic E-state index is -0.133. The highest BCUT2D eigenvalue weighted by molar-refractivity contribution is 6.30. The molecule has 0 unspecified atom stereocenters. The largest absolute Gasteiger partial charge is 0.369 e. The Balaban J connectivity index is 1.65. The van der Waals surface area contributed by atoms with Crippen LogP contribution in [0, 0.1) is 0 Å². The highest BCUT2D eigenvalue weighted by atomic mass is 35.5. The molecular formula is C17H18ClN3O. The van der Waals surface area contributed by atoms with E-state index in [2.05, 4.69) is 15.5 Å². The van der Waals surface area contributed by atoms with Crippen molar-refractivity contribution in [3.8, 4) is 0 Å². The second-order valence-corrected chi connectivity index (χ2v) is 5.68. The molecule has 0 saturated carbocycles. The molecule has 1 saturated heterocycles. The van der Waals surface area contributed by atoms with Gasteiger partial charge in [0.15, 0.2) is 0 Å². The second-order valence-electron chi connectivity index (χ2n) is 5.24. The number of nitrogens with one attached hydrogen (secondary N) is 2. The number of nitrogens with zero attached hydrogens (tertiary/aromatic N) is 1. The van der Waals surface area contributed by atoms with Gasteiger partial charge in [0.05, 0.1) is 0 Å². The zero-order valence-corrected chi connectivity index (χ0v) is 12.9. The molecule has 0 bridgehead atoms. The summed E-state index contributed by atoms with van der Waals surface area (Å²) in [5.74, 6) is -0.133. The van der Waals surface area contributed by atoms with Crippen LogP contribution in [0.1, 0.15) is 10.4 Å². The average Bonchev–Trinajstić information content (AvgIpc) is 2.57. The van der Waals surface area contributed by atoms with Crippen molar-refractivity contribution in [2.45, 2.75) is 0 Å². The van der Waals surface area contributed by atoms with Gasteiger partial charge < -0.3 is 15.5 Å². The van der Waals surface area contributed by atoms with Gasteiger partial charge in [-0.3, -0.25) is 4.79 Å². The van der Waals surface area contributed by atoms with Crippen LogP contribution >= 0.6 is 11.6 Å². The summed E-state index contributed by atoms with van der Waals surface area (Å²) < 4.78 is 0. The van der Waals surface area contributed by atoms with Crippen LogP contribution in [0.4, 0.5) is 11.4 Å². The molecule has 2 aromatic rings. The number of hydrogen-bond acceptors (Lipinski definition) is 3.